The van der Waals surface area contributed by atoms with Crippen molar-refractivity contribution in [3.05, 3.63) is 41.5 Å². The van der Waals surface area contributed by atoms with Crippen molar-refractivity contribution in [1.29, 1.82) is 0 Å². The molecule has 0 radical (unpaired) electrons. The predicted octanol–water partition coefficient (Wildman–Crippen LogP) is 0.585. The van der Waals surface area contributed by atoms with Crippen LogP contribution in [0, 0.1) is 0 Å². The van der Waals surface area contributed by atoms with Gasteiger partial charge in [0, 0.05) is 13.2 Å². The number of aromatic nitrogens is 2. The van der Waals surface area contributed by atoms with Crippen LogP contribution >= 0.6 is 0 Å². The Hall–Kier alpha value is -2.94. The molecule has 1 saturated heterocycles. The lowest BCUT2D eigenvalue weighted by Gasteiger charge is -2.08. The first-order chi connectivity index (χ1) is 12.6. The number of ether oxygens (including phenoxy) is 2. The lowest BCUT2D eigenvalue weighted by atomic mass is 10.1. The molecule has 1 atom stereocenters. The Kier molecular flexibility index (Phi) is 5.80. The lowest BCUT2D eigenvalue weighted by Crippen LogP contribution is -2.31. The van der Waals surface area contributed by atoms with E-state index in [1.165, 1.54) is 0 Å². The zero-order valence-electron chi connectivity index (χ0n) is 14.1. The minimum Gasteiger partial charge on any atom is -0.485 e. The van der Waals surface area contributed by atoms with Gasteiger partial charge in [0.15, 0.2) is 6.61 Å². The van der Waals surface area contributed by atoms with E-state index in [1.807, 2.05) is 0 Å². The number of nitrogens with one attached hydrogen (secondary N) is 1. The van der Waals surface area contributed by atoms with E-state index in [1.54, 1.807) is 24.3 Å². The minimum atomic E-state index is -0.435. The van der Waals surface area contributed by atoms with Gasteiger partial charge in [0.1, 0.15) is 5.75 Å². The first-order valence-electron chi connectivity index (χ1n) is 8.32. The number of benzene rings is 1. The van der Waals surface area contributed by atoms with Crippen molar-refractivity contribution in [3.63, 3.8) is 0 Å². The fourth-order valence-electron chi connectivity index (χ4n) is 2.54. The van der Waals surface area contributed by atoms with Crippen LogP contribution < -0.4 is 15.8 Å². The van der Waals surface area contributed by atoms with Crippen LogP contribution in [0.1, 0.15) is 34.9 Å². The average molecular weight is 360 g/mol. The molecule has 0 bridgehead atoms. The number of nitrogens with zero attached hydrogens (tertiary/aromatic N) is 2. The molecule has 138 valence electrons. The van der Waals surface area contributed by atoms with E-state index in [2.05, 4.69) is 15.5 Å². The zero-order chi connectivity index (χ0) is 18.4. The van der Waals surface area contributed by atoms with E-state index in [0.29, 0.717) is 12.3 Å². The van der Waals surface area contributed by atoms with Crippen molar-refractivity contribution >= 4 is 11.8 Å². The molecule has 0 spiro atoms. The van der Waals surface area contributed by atoms with E-state index >= 15 is 0 Å². The van der Waals surface area contributed by atoms with Crippen LogP contribution in [0.15, 0.2) is 28.8 Å². The molecular formula is C17H20N4O5. The zero-order valence-corrected chi connectivity index (χ0v) is 14.1. The number of hydrogen-bond donors (Lipinski definition) is 2. The number of primary amides is 1. The van der Waals surface area contributed by atoms with Crippen molar-refractivity contribution in [2.75, 3.05) is 13.2 Å². The summed E-state index contributed by atoms with van der Waals surface area (Å²) >= 11 is 0. The maximum absolute atomic E-state index is 12.0. The molecule has 0 unspecified atom stereocenters. The maximum atomic E-state index is 12.0. The third-order valence-electron chi connectivity index (χ3n) is 3.85. The van der Waals surface area contributed by atoms with Gasteiger partial charge in [-0.1, -0.05) is 17.3 Å². The summed E-state index contributed by atoms with van der Waals surface area (Å²) in [6.45, 7) is 1.20. The van der Waals surface area contributed by atoms with Crippen molar-refractivity contribution in [2.45, 2.75) is 32.0 Å². The largest absolute Gasteiger partial charge is 0.485 e. The monoisotopic (exact) mass is 360 g/mol. The normalized spacial score (nSPS) is 16.4. The third-order valence-corrected chi connectivity index (χ3v) is 3.85. The van der Waals surface area contributed by atoms with Gasteiger partial charge in [-0.3, -0.25) is 9.59 Å². The number of carbonyl (C=O) groups excluding carboxylic acids is 2. The summed E-state index contributed by atoms with van der Waals surface area (Å²) in [5, 5.41) is 6.44. The summed E-state index contributed by atoms with van der Waals surface area (Å²) in [5.74, 6) is -0.106. The Bertz CT molecular complexity index is 753. The van der Waals surface area contributed by atoms with E-state index in [0.717, 1.165) is 25.0 Å². The van der Waals surface area contributed by atoms with E-state index in [9.17, 15) is 9.59 Å². The fourth-order valence-corrected chi connectivity index (χ4v) is 2.54. The molecule has 1 fully saturated rings. The summed E-state index contributed by atoms with van der Waals surface area (Å²) < 4.78 is 15.9. The molecule has 2 heterocycles. The van der Waals surface area contributed by atoms with E-state index in [-0.39, 0.29) is 30.8 Å². The number of carbonyl (C=O) groups is 2. The van der Waals surface area contributed by atoms with Crippen LogP contribution in [0.2, 0.25) is 0 Å². The van der Waals surface area contributed by atoms with Crippen molar-refractivity contribution in [3.8, 4) is 5.75 Å². The molecule has 1 aliphatic heterocycles. The van der Waals surface area contributed by atoms with Gasteiger partial charge in [-0.2, -0.15) is 4.98 Å². The number of hydrogen-bond acceptors (Lipinski definition) is 7. The maximum Gasteiger partial charge on any atom is 0.316 e. The standard InChI is InChI=1S/C17H20N4O5/c18-14(22)8-11-3-5-12(6-4-11)25-10-15-20-17(26-21-15)16(23)19-9-13-2-1-7-24-13/h3-6,13H,1-2,7-10H2,(H2,18,22)(H,19,23)/t13-/m1/s1. The molecule has 3 N–H and O–H groups in total. The number of amides is 2. The van der Waals surface area contributed by atoms with E-state index in [4.69, 9.17) is 19.7 Å². The second-order valence-corrected chi connectivity index (χ2v) is 5.94. The smallest absolute Gasteiger partial charge is 0.316 e. The molecule has 3 rings (SSSR count). The highest BCUT2D eigenvalue weighted by Gasteiger charge is 2.19. The summed E-state index contributed by atoms with van der Waals surface area (Å²) in [6, 6.07) is 6.93. The summed E-state index contributed by atoms with van der Waals surface area (Å²) in [7, 11) is 0. The molecule has 2 amide bonds. The molecule has 2 aromatic rings. The molecule has 26 heavy (non-hydrogen) atoms. The molecule has 9 nitrogen and oxygen atoms in total. The summed E-state index contributed by atoms with van der Waals surface area (Å²) in [4.78, 5) is 26.9. The fraction of sp³-hybridized carbons (Fsp3) is 0.412. The van der Waals surface area contributed by atoms with Crippen molar-refractivity contribution < 1.29 is 23.6 Å². The van der Waals surface area contributed by atoms with Crippen LogP contribution in [0.5, 0.6) is 5.75 Å². The van der Waals surface area contributed by atoms with Gasteiger partial charge in [-0.15, -0.1) is 0 Å². The molecular weight excluding hydrogens is 340 g/mol. The first kappa shape index (κ1) is 17.9. The second kappa shape index (κ2) is 8.43. The Morgan fingerprint density at radius 2 is 2.12 bits per heavy atom. The molecule has 1 aromatic heterocycles. The average Bonchev–Trinajstić information content (AvgIpc) is 3.30. The van der Waals surface area contributed by atoms with E-state index < -0.39 is 11.8 Å². The van der Waals surface area contributed by atoms with Crippen molar-refractivity contribution in [1.82, 2.24) is 15.5 Å². The van der Waals surface area contributed by atoms with Gasteiger partial charge >= 0.3 is 11.8 Å². The number of rotatable bonds is 8. The summed E-state index contributed by atoms with van der Waals surface area (Å²) in [5.41, 5.74) is 5.94. The minimum absolute atomic E-state index is 0.0437. The van der Waals surface area contributed by atoms with Gasteiger partial charge < -0.3 is 25.0 Å². The number of nitrogens with two attached hydrogens (primary N) is 1. The second-order valence-electron chi connectivity index (χ2n) is 5.94. The Morgan fingerprint density at radius 3 is 2.81 bits per heavy atom. The van der Waals surface area contributed by atoms with Crippen LogP contribution in [-0.4, -0.2) is 41.2 Å². The van der Waals surface area contributed by atoms with Crippen LogP contribution in [0.4, 0.5) is 0 Å². The SMILES string of the molecule is NC(=O)Cc1ccc(OCc2noc(C(=O)NC[C@H]3CCCO3)n2)cc1. The molecule has 1 aliphatic rings. The quantitative estimate of drug-likeness (QED) is 0.704. The van der Waals surface area contributed by atoms with Crippen LogP contribution in [0.25, 0.3) is 0 Å². The third kappa shape index (κ3) is 5.03. The highest BCUT2D eigenvalue weighted by Crippen LogP contribution is 2.14. The van der Waals surface area contributed by atoms with Gasteiger partial charge in [-0.25, -0.2) is 0 Å². The predicted molar refractivity (Wildman–Crippen MR) is 89.3 cm³/mol. The first-order valence-corrected chi connectivity index (χ1v) is 8.32. The van der Waals surface area contributed by atoms with Crippen LogP contribution in [0.3, 0.4) is 0 Å². The molecule has 9 heteroatoms. The Morgan fingerprint density at radius 1 is 1.31 bits per heavy atom. The summed E-state index contributed by atoms with van der Waals surface area (Å²) in [6.07, 6.45) is 2.16. The Labute approximate surface area is 149 Å². The molecule has 0 saturated carbocycles. The topological polar surface area (TPSA) is 130 Å². The van der Waals surface area contributed by atoms with Gasteiger partial charge in [0.05, 0.1) is 12.5 Å². The highest BCUT2D eigenvalue weighted by atomic mass is 16.5. The molecule has 1 aromatic carbocycles. The highest BCUT2D eigenvalue weighted by molar-refractivity contribution is 5.89. The van der Waals surface area contributed by atoms with Gasteiger partial charge in [0.25, 0.3) is 0 Å². The molecule has 0 aliphatic carbocycles. The Balaban J connectivity index is 1.47. The van der Waals surface area contributed by atoms with Gasteiger partial charge in [0.2, 0.25) is 11.7 Å². The lowest BCUT2D eigenvalue weighted by molar-refractivity contribution is -0.117. The van der Waals surface area contributed by atoms with Crippen molar-refractivity contribution in [2.24, 2.45) is 5.73 Å². The van der Waals surface area contributed by atoms with Gasteiger partial charge in [-0.05, 0) is 30.5 Å². The van der Waals surface area contributed by atoms with Crippen LogP contribution in [-0.2, 0) is 22.6 Å².